The summed E-state index contributed by atoms with van der Waals surface area (Å²) in [5, 5.41) is 0. The molecule has 0 radical (unpaired) electrons. The number of thioether (sulfide) groups is 1. The van der Waals surface area contributed by atoms with Gasteiger partial charge in [0.25, 0.3) is 0 Å². The van der Waals surface area contributed by atoms with Crippen LogP contribution in [0.15, 0.2) is 23.1 Å². The van der Waals surface area contributed by atoms with E-state index < -0.39 is 0 Å². The first kappa shape index (κ1) is 9.73. The SMILES string of the molecule is Cc1ccc2c(c1)SC1(CCOCC1)C2. The molecule has 1 spiro atoms. The van der Waals surface area contributed by atoms with E-state index in [-0.39, 0.29) is 0 Å². The molecule has 2 heterocycles. The summed E-state index contributed by atoms with van der Waals surface area (Å²) in [6, 6.07) is 6.88. The highest BCUT2D eigenvalue weighted by Gasteiger charge is 2.39. The van der Waals surface area contributed by atoms with Crippen molar-refractivity contribution in [2.75, 3.05) is 13.2 Å². The molecular weight excluding hydrogens is 204 g/mol. The van der Waals surface area contributed by atoms with Gasteiger partial charge in [-0.25, -0.2) is 0 Å². The van der Waals surface area contributed by atoms with Gasteiger partial charge in [-0.05, 0) is 37.8 Å². The summed E-state index contributed by atoms with van der Waals surface area (Å²) in [5.41, 5.74) is 2.93. The Morgan fingerprint density at radius 2 is 2.07 bits per heavy atom. The monoisotopic (exact) mass is 220 g/mol. The summed E-state index contributed by atoms with van der Waals surface area (Å²) in [7, 11) is 0. The number of ether oxygens (including phenoxy) is 1. The van der Waals surface area contributed by atoms with E-state index in [9.17, 15) is 0 Å². The van der Waals surface area contributed by atoms with Crippen molar-refractivity contribution in [2.24, 2.45) is 0 Å². The molecule has 0 unspecified atom stereocenters. The molecule has 2 aliphatic rings. The third-order valence-corrected chi connectivity index (χ3v) is 5.05. The average molecular weight is 220 g/mol. The minimum atomic E-state index is 0.467. The summed E-state index contributed by atoms with van der Waals surface area (Å²) < 4.78 is 5.93. The lowest BCUT2D eigenvalue weighted by Crippen LogP contribution is -2.32. The fourth-order valence-electron chi connectivity index (χ4n) is 2.54. The second-order valence-electron chi connectivity index (χ2n) is 4.69. The van der Waals surface area contributed by atoms with Crippen LogP contribution in [0, 0.1) is 6.92 Å². The third kappa shape index (κ3) is 1.70. The smallest absolute Gasteiger partial charge is 0.0479 e. The number of fused-ring (bicyclic) bond motifs is 1. The van der Waals surface area contributed by atoms with Gasteiger partial charge in [-0.3, -0.25) is 0 Å². The Labute approximate surface area is 95.2 Å². The molecule has 2 aliphatic heterocycles. The maximum atomic E-state index is 5.47. The van der Waals surface area contributed by atoms with Gasteiger partial charge in [0.15, 0.2) is 0 Å². The predicted molar refractivity (Wildman–Crippen MR) is 63.5 cm³/mol. The van der Waals surface area contributed by atoms with Gasteiger partial charge in [-0.1, -0.05) is 17.7 Å². The van der Waals surface area contributed by atoms with Gasteiger partial charge < -0.3 is 4.74 Å². The molecule has 1 aromatic rings. The normalized spacial score (nSPS) is 23.0. The van der Waals surface area contributed by atoms with Gasteiger partial charge in [0.05, 0.1) is 0 Å². The summed E-state index contributed by atoms with van der Waals surface area (Å²) in [6.07, 6.45) is 3.67. The van der Waals surface area contributed by atoms with E-state index in [2.05, 4.69) is 36.9 Å². The molecule has 1 aromatic carbocycles. The summed E-state index contributed by atoms with van der Waals surface area (Å²) in [5.74, 6) is 0. The molecule has 0 saturated carbocycles. The van der Waals surface area contributed by atoms with Crippen LogP contribution in [0.5, 0.6) is 0 Å². The van der Waals surface area contributed by atoms with Crippen molar-refractivity contribution < 1.29 is 4.74 Å². The van der Waals surface area contributed by atoms with Crippen LogP contribution in [0.2, 0.25) is 0 Å². The maximum Gasteiger partial charge on any atom is 0.0479 e. The molecule has 80 valence electrons. The number of rotatable bonds is 0. The van der Waals surface area contributed by atoms with Crippen molar-refractivity contribution in [3.63, 3.8) is 0 Å². The van der Waals surface area contributed by atoms with E-state index in [1.54, 1.807) is 5.56 Å². The largest absolute Gasteiger partial charge is 0.381 e. The molecule has 1 saturated heterocycles. The fraction of sp³-hybridized carbons (Fsp3) is 0.538. The molecule has 1 nitrogen and oxygen atoms in total. The highest BCUT2D eigenvalue weighted by Crippen LogP contribution is 2.50. The Bertz CT molecular complexity index is 380. The van der Waals surface area contributed by atoms with Crippen molar-refractivity contribution in [1.82, 2.24) is 0 Å². The molecule has 15 heavy (non-hydrogen) atoms. The van der Waals surface area contributed by atoms with E-state index in [1.165, 1.54) is 29.7 Å². The van der Waals surface area contributed by atoms with Crippen molar-refractivity contribution in [3.05, 3.63) is 29.3 Å². The Morgan fingerprint density at radius 1 is 1.27 bits per heavy atom. The molecule has 0 aliphatic carbocycles. The second kappa shape index (κ2) is 3.53. The number of hydrogen-bond donors (Lipinski definition) is 0. The fourth-order valence-corrected chi connectivity index (χ4v) is 4.12. The Morgan fingerprint density at radius 3 is 2.87 bits per heavy atom. The first-order valence-corrected chi connectivity index (χ1v) is 6.45. The maximum absolute atomic E-state index is 5.47. The van der Waals surface area contributed by atoms with Gasteiger partial charge in [0.1, 0.15) is 0 Å². The first-order valence-electron chi connectivity index (χ1n) is 5.64. The molecule has 0 aromatic heterocycles. The molecule has 0 N–H and O–H groups in total. The zero-order valence-electron chi connectivity index (χ0n) is 9.08. The lowest BCUT2D eigenvalue weighted by Gasteiger charge is -2.32. The highest BCUT2D eigenvalue weighted by molar-refractivity contribution is 8.01. The van der Waals surface area contributed by atoms with E-state index >= 15 is 0 Å². The zero-order valence-corrected chi connectivity index (χ0v) is 9.90. The van der Waals surface area contributed by atoms with E-state index in [0.29, 0.717) is 4.75 Å². The highest BCUT2D eigenvalue weighted by atomic mass is 32.2. The summed E-state index contributed by atoms with van der Waals surface area (Å²) >= 11 is 2.09. The topological polar surface area (TPSA) is 9.23 Å². The van der Waals surface area contributed by atoms with Gasteiger partial charge in [-0.2, -0.15) is 0 Å². The molecule has 2 heteroatoms. The van der Waals surface area contributed by atoms with Gasteiger partial charge >= 0.3 is 0 Å². The summed E-state index contributed by atoms with van der Waals surface area (Å²) in [4.78, 5) is 1.51. The van der Waals surface area contributed by atoms with E-state index in [0.717, 1.165) is 13.2 Å². The van der Waals surface area contributed by atoms with E-state index in [1.807, 2.05) is 0 Å². The van der Waals surface area contributed by atoms with Crippen LogP contribution < -0.4 is 0 Å². The quantitative estimate of drug-likeness (QED) is 0.664. The molecule has 3 rings (SSSR count). The van der Waals surface area contributed by atoms with Crippen LogP contribution in [-0.2, 0) is 11.2 Å². The van der Waals surface area contributed by atoms with Crippen LogP contribution in [0.4, 0.5) is 0 Å². The molecule has 0 amide bonds. The van der Waals surface area contributed by atoms with Crippen molar-refractivity contribution in [2.45, 2.75) is 35.8 Å². The standard InChI is InChI=1S/C13H16OS/c1-10-2-3-11-9-13(15-12(11)8-10)4-6-14-7-5-13/h2-3,8H,4-7,9H2,1H3. The van der Waals surface area contributed by atoms with Crippen molar-refractivity contribution >= 4 is 11.8 Å². The van der Waals surface area contributed by atoms with Crippen LogP contribution >= 0.6 is 11.8 Å². The zero-order chi connectivity index (χ0) is 10.3. The first-order chi connectivity index (χ1) is 7.27. The lowest BCUT2D eigenvalue weighted by molar-refractivity contribution is 0.0782. The lowest BCUT2D eigenvalue weighted by atomic mass is 9.91. The predicted octanol–water partition coefficient (Wildman–Crippen LogP) is 3.19. The Kier molecular flexibility index (Phi) is 2.29. The second-order valence-corrected chi connectivity index (χ2v) is 6.20. The molecule has 1 fully saturated rings. The summed E-state index contributed by atoms with van der Waals surface area (Å²) in [6.45, 7) is 4.07. The number of benzene rings is 1. The van der Waals surface area contributed by atoms with Crippen LogP contribution in [0.25, 0.3) is 0 Å². The van der Waals surface area contributed by atoms with E-state index in [4.69, 9.17) is 4.74 Å². The molecular formula is C13H16OS. The number of aryl methyl sites for hydroxylation is 1. The van der Waals surface area contributed by atoms with Crippen LogP contribution in [0.3, 0.4) is 0 Å². The Hall–Kier alpha value is -0.470. The minimum absolute atomic E-state index is 0.467. The van der Waals surface area contributed by atoms with Crippen LogP contribution in [-0.4, -0.2) is 18.0 Å². The third-order valence-electron chi connectivity index (χ3n) is 3.47. The van der Waals surface area contributed by atoms with Gasteiger partial charge in [0.2, 0.25) is 0 Å². The average Bonchev–Trinajstić information content (AvgIpc) is 2.56. The van der Waals surface area contributed by atoms with Gasteiger partial charge in [-0.15, -0.1) is 11.8 Å². The van der Waals surface area contributed by atoms with Crippen molar-refractivity contribution in [3.8, 4) is 0 Å². The minimum Gasteiger partial charge on any atom is -0.381 e. The Balaban J connectivity index is 1.90. The van der Waals surface area contributed by atoms with Crippen LogP contribution in [0.1, 0.15) is 24.0 Å². The van der Waals surface area contributed by atoms with Crippen molar-refractivity contribution in [1.29, 1.82) is 0 Å². The number of hydrogen-bond acceptors (Lipinski definition) is 2. The molecule has 0 bridgehead atoms. The van der Waals surface area contributed by atoms with Gasteiger partial charge in [0, 0.05) is 22.9 Å². The molecule has 0 atom stereocenters.